The molecule has 1 aliphatic heterocycles. The fraction of sp³-hybridized carbons (Fsp3) is 0.800. The second-order valence-corrected chi connectivity index (χ2v) is 4.91. The van der Waals surface area contributed by atoms with Gasteiger partial charge >= 0.3 is 5.97 Å². The first kappa shape index (κ1) is 14.3. The third-order valence-electron chi connectivity index (χ3n) is 3.36. The smallest absolute Gasteiger partial charge is 0.334 e. The van der Waals surface area contributed by atoms with Crippen LogP contribution in [0.1, 0.15) is 71.1 Å². The zero-order chi connectivity index (χ0) is 12.3. The molecular weight excluding hydrogens is 212 g/mol. The average Bonchev–Trinajstić information content (AvgIpc) is 2.73. The van der Waals surface area contributed by atoms with Gasteiger partial charge in [-0.15, -0.1) is 0 Å². The molecule has 0 radical (unpaired) electrons. The normalized spacial score (nSPS) is 14.9. The van der Waals surface area contributed by atoms with E-state index in [4.69, 9.17) is 4.74 Å². The molecule has 98 valence electrons. The lowest BCUT2D eigenvalue weighted by molar-refractivity contribution is -0.136. The highest BCUT2D eigenvalue weighted by molar-refractivity contribution is 5.90. The van der Waals surface area contributed by atoms with E-state index in [9.17, 15) is 4.79 Å². The van der Waals surface area contributed by atoms with Gasteiger partial charge in [0, 0.05) is 5.57 Å². The van der Waals surface area contributed by atoms with Crippen molar-refractivity contribution in [3.8, 4) is 0 Å². The first-order chi connectivity index (χ1) is 8.34. The number of hydrogen-bond acceptors (Lipinski definition) is 2. The summed E-state index contributed by atoms with van der Waals surface area (Å²) in [6, 6.07) is 0. The molecule has 0 aromatic rings. The molecule has 0 fully saturated rings. The van der Waals surface area contributed by atoms with Gasteiger partial charge in [0.05, 0.1) is 0 Å². The van der Waals surface area contributed by atoms with Crippen LogP contribution in [0, 0.1) is 0 Å². The number of carbonyl (C=O) groups is 1. The molecule has 0 atom stereocenters. The molecule has 0 aromatic carbocycles. The van der Waals surface area contributed by atoms with Crippen LogP contribution in [0.4, 0.5) is 0 Å². The lowest BCUT2D eigenvalue weighted by Gasteiger charge is -2.02. The quantitative estimate of drug-likeness (QED) is 0.417. The second-order valence-electron chi connectivity index (χ2n) is 4.91. The van der Waals surface area contributed by atoms with Crippen LogP contribution in [-0.4, -0.2) is 12.6 Å². The number of cyclic esters (lactones) is 1. The van der Waals surface area contributed by atoms with Crippen molar-refractivity contribution in [2.24, 2.45) is 0 Å². The Balaban J connectivity index is 1.83. The summed E-state index contributed by atoms with van der Waals surface area (Å²) in [5.41, 5.74) is 0.896. The summed E-state index contributed by atoms with van der Waals surface area (Å²) in [5, 5.41) is 0. The summed E-state index contributed by atoms with van der Waals surface area (Å²) in [7, 11) is 0. The molecule has 17 heavy (non-hydrogen) atoms. The molecule has 0 bridgehead atoms. The van der Waals surface area contributed by atoms with Crippen LogP contribution >= 0.6 is 0 Å². The standard InChI is InChI=1S/C15H26O2/c1-2-3-4-5-6-7-8-9-10-11-14-12-13-17-15(14)16/h12H,2-11,13H2,1H3. The Morgan fingerprint density at radius 3 is 2.12 bits per heavy atom. The molecule has 0 saturated carbocycles. The maximum atomic E-state index is 11.2. The summed E-state index contributed by atoms with van der Waals surface area (Å²) in [4.78, 5) is 11.2. The largest absolute Gasteiger partial charge is 0.458 e. The van der Waals surface area contributed by atoms with E-state index in [2.05, 4.69) is 6.92 Å². The zero-order valence-corrected chi connectivity index (χ0v) is 11.2. The fourth-order valence-electron chi connectivity index (χ4n) is 2.22. The van der Waals surface area contributed by atoms with E-state index < -0.39 is 0 Å². The summed E-state index contributed by atoms with van der Waals surface area (Å²) in [5.74, 6) is -0.0930. The van der Waals surface area contributed by atoms with Crippen LogP contribution in [0.3, 0.4) is 0 Å². The van der Waals surface area contributed by atoms with Gasteiger partial charge in [-0.1, -0.05) is 58.3 Å². The summed E-state index contributed by atoms with van der Waals surface area (Å²) in [6.07, 6.45) is 14.8. The highest BCUT2D eigenvalue weighted by Crippen LogP contribution is 2.16. The van der Waals surface area contributed by atoms with Crippen LogP contribution in [0.15, 0.2) is 11.6 Å². The second kappa shape index (κ2) is 9.26. The molecule has 0 aromatic heterocycles. The number of unbranched alkanes of at least 4 members (excludes halogenated alkanes) is 8. The van der Waals surface area contributed by atoms with Gasteiger partial charge in [0.15, 0.2) is 0 Å². The van der Waals surface area contributed by atoms with Crippen LogP contribution < -0.4 is 0 Å². The van der Waals surface area contributed by atoms with Crippen LogP contribution in [0.2, 0.25) is 0 Å². The van der Waals surface area contributed by atoms with Crippen molar-refractivity contribution in [2.45, 2.75) is 71.1 Å². The predicted molar refractivity (Wildman–Crippen MR) is 70.9 cm³/mol. The Morgan fingerprint density at radius 2 is 1.59 bits per heavy atom. The summed E-state index contributed by atoms with van der Waals surface area (Å²) in [6.45, 7) is 2.74. The molecule has 0 saturated heterocycles. The van der Waals surface area contributed by atoms with Gasteiger partial charge in [-0.3, -0.25) is 0 Å². The Kier molecular flexibility index (Phi) is 7.78. The predicted octanol–water partition coefficient (Wildman–Crippen LogP) is 4.39. The molecule has 1 heterocycles. The molecule has 1 aliphatic rings. The Hall–Kier alpha value is -0.790. The van der Waals surface area contributed by atoms with Gasteiger partial charge in [0.1, 0.15) is 6.61 Å². The average molecular weight is 238 g/mol. The van der Waals surface area contributed by atoms with E-state index in [1.807, 2.05) is 6.08 Å². The molecular formula is C15H26O2. The van der Waals surface area contributed by atoms with Crippen molar-refractivity contribution in [2.75, 3.05) is 6.61 Å². The third kappa shape index (κ3) is 6.50. The van der Waals surface area contributed by atoms with Gasteiger partial charge < -0.3 is 4.74 Å². The first-order valence-electron chi connectivity index (χ1n) is 7.20. The maximum absolute atomic E-state index is 11.2. The topological polar surface area (TPSA) is 26.3 Å². The van der Waals surface area contributed by atoms with Crippen molar-refractivity contribution in [3.63, 3.8) is 0 Å². The number of ether oxygens (including phenoxy) is 1. The molecule has 2 heteroatoms. The lowest BCUT2D eigenvalue weighted by atomic mass is 10.0. The van der Waals surface area contributed by atoms with Crippen molar-refractivity contribution in [1.29, 1.82) is 0 Å². The Bertz CT molecular complexity index is 243. The number of carbonyl (C=O) groups excluding carboxylic acids is 1. The van der Waals surface area contributed by atoms with Crippen LogP contribution in [0.5, 0.6) is 0 Å². The van der Waals surface area contributed by atoms with Crippen molar-refractivity contribution >= 4 is 5.97 Å². The van der Waals surface area contributed by atoms with Gasteiger partial charge in [-0.25, -0.2) is 4.79 Å². The molecule has 0 N–H and O–H groups in total. The monoisotopic (exact) mass is 238 g/mol. The zero-order valence-electron chi connectivity index (χ0n) is 11.2. The molecule has 1 rings (SSSR count). The minimum absolute atomic E-state index is 0.0930. The maximum Gasteiger partial charge on any atom is 0.334 e. The Labute approximate surface area is 105 Å². The molecule has 0 unspecified atom stereocenters. The van der Waals surface area contributed by atoms with E-state index >= 15 is 0 Å². The molecule has 0 spiro atoms. The van der Waals surface area contributed by atoms with E-state index in [0.717, 1.165) is 18.4 Å². The Morgan fingerprint density at radius 1 is 1.00 bits per heavy atom. The first-order valence-corrected chi connectivity index (χ1v) is 7.20. The van der Waals surface area contributed by atoms with Crippen molar-refractivity contribution in [3.05, 3.63) is 11.6 Å². The fourth-order valence-corrected chi connectivity index (χ4v) is 2.22. The van der Waals surface area contributed by atoms with Crippen LogP contribution in [-0.2, 0) is 9.53 Å². The van der Waals surface area contributed by atoms with Gasteiger partial charge in [-0.05, 0) is 18.9 Å². The van der Waals surface area contributed by atoms with Gasteiger partial charge in [0.2, 0.25) is 0 Å². The van der Waals surface area contributed by atoms with Crippen molar-refractivity contribution in [1.82, 2.24) is 0 Å². The van der Waals surface area contributed by atoms with Gasteiger partial charge in [-0.2, -0.15) is 0 Å². The number of hydrogen-bond donors (Lipinski definition) is 0. The van der Waals surface area contributed by atoms with E-state index in [1.54, 1.807) is 0 Å². The number of esters is 1. The molecule has 0 amide bonds. The highest BCUT2D eigenvalue weighted by Gasteiger charge is 2.15. The summed E-state index contributed by atoms with van der Waals surface area (Å²) >= 11 is 0. The number of rotatable bonds is 10. The van der Waals surface area contributed by atoms with Gasteiger partial charge in [0.25, 0.3) is 0 Å². The minimum Gasteiger partial charge on any atom is -0.458 e. The van der Waals surface area contributed by atoms with Crippen molar-refractivity contribution < 1.29 is 9.53 Å². The van der Waals surface area contributed by atoms with E-state index in [0.29, 0.717) is 6.61 Å². The highest BCUT2D eigenvalue weighted by atomic mass is 16.5. The SMILES string of the molecule is CCCCCCCCCCCC1=CCOC1=O. The van der Waals surface area contributed by atoms with E-state index in [-0.39, 0.29) is 5.97 Å². The van der Waals surface area contributed by atoms with E-state index in [1.165, 1.54) is 51.4 Å². The molecule has 2 nitrogen and oxygen atoms in total. The third-order valence-corrected chi connectivity index (χ3v) is 3.36. The molecule has 0 aliphatic carbocycles. The minimum atomic E-state index is -0.0930. The lowest BCUT2D eigenvalue weighted by Crippen LogP contribution is -1.99. The summed E-state index contributed by atoms with van der Waals surface area (Å²) < 4.78 is 4.87. The van der Waals surface area contributed by atoms with Crippen LogP contribution in [0.25, 0.3) is 0 Å².